The Morgan fingerprint density at radius 3 is 2.52 bits per heavy atom. The predicted molar refractivity (Wildman–Crippen MR) is 88.4 cm³/mol. The smallest absolute Gasteiger partial charge is 0.255 e. The molecule has 4 N–H and O–H groups in total. The number of carbonyl (C=O) groups excluding carboxylic acids is 1. The van der Waals surface area contributed by atoms with Crippen LogP contribution in [0.3, 0.4) is 0 Å². The standard InChI is InChI=1S/C15H17BrN4O/c1-8-4-9(2)14(12(16)5-8)19-15(21)11-6-10(3)18-13(7-11)20-17/h4-7H,17H2,1-3H3,(H,18,20)(H,19,21). The number of nitrogens with two attached hydrogens (primary N) is 1. The Hall–Kier alpha value is -1.92. The van der Waals surface area contributed by atoms with Crippen molar-refractivity contribution in [3.05, 3.63) is 51.1 Å². The molecular weight excluding hydrogens is 332 g/mol. The minimum Gasteiger partial charge on any atom is -0.321 e. The quantitative estimate of drug-likeness (QED) is 0.587. The molecule has 1 aromatic carbocycles. The fourth-order valence-electron chi connectivity index (χ4n) is 2.13. The zero-order valence-corrected chi connectivity index (χ0v) is 13.7. The molecular formula is C15H17BrN4O. The number of rotatable bonds is 3. The molecule has 0 fully saturated rings. The van der Waals surface area contributed by atoms with Crippen molar-refractivity contribution in [1.82, 2.24) is 4.98 Å². The van der Waals surface area contributed by atoms with E-state index in [0.29, 0.717) is 11.4 Å². The highest BCUT2D eigenvalue weighted by molar-refractivity contribution is 9.10. The van der Waals surface area contributed by atoms with Gasteiger partial charge < -0.3 is 10.7 Å². The summed E-state index contributed by atoms with van der Waals surface area (Å²) in [7, 11) is 0. The molecule has 1 heterocycles. The van der Waals surface area contributed by atoms with Crippen LogP contribution in [0.5, 0.6) is 0 Å². The molecule has 0 atom stereocenters. The summed E-state index contributed by atoms with van der Waals surface area (Å²) in [6.45, 7) is 5.78. The number of nitrogens with one attached hydrogen (secondary N) is 2. The monoisotopic (exact) mass is 348 g/mol. The molecule has 1 aromatic heterocycles. The zero-order chi connectivity index (χ0) is 15.6. The van der Waals surface area contributed by atoms with Gasteiger partial charge in [-0.1, -0.05) is 6.07 Å². The van der Waals surface area contributed by atoms with Gasteiger partial charge in [-0.2, -0.15) is 0 Å². The molecule has 0 aliphatic carbocycles. The van der Waals surface area contributed by atoms with E-state index < -0.39 is 0 Å². The number of nitrogen functional groups attached to an aromatic ring is 1. The van der Waals surface area contributed by atoms with Crippen molar-refractivity contribution < 1.29 is 4.79 Å². The first-order chi connectivity index (χ1) is 9.90. The molecule has 0 radical (unpaired) electrons. The molecule has 0 saturated carbocycles. The molecule has 0 saturated heterocycles. The van der Waals surface area contributed by atoms with Crippen LogP contribution in [0.2, 0.25) is 0 Å². The topological polar surface area (TPSA) is 80.0 Å². The summed E-state index contributed by atoms with van der Waals surface area (Å²) >= 11 is 3.48. The van der Waals surface area contributed by atoms with E-state index in [1.807, 2.05) is 32.9 Å². The Morgan fingerprint density at radius 2 is 1.90 bits per heavy atom. The number of halogens is 1. The number of benzene rings is 1. The maximum atomic E-state index is 12.4. The minimum atomic E-state index is -0.204. The third-order valence-corrected chi connectivity index (χ3v) is 3.66. The Balaban J connectivity index is 2.32. The number of aromatic nitrogens is 1. The normalized spacial score (nSPS) is 10.3. The SMILES string of the molecule is Cc1cc(C)c(NC(=O)c2cc(C)nc(NN)c2)c(Br)c1. The Labute approximate surface area is 132 Å². The van der Waals surface area contributed by atoms with Gasteiger partial charge in [0.1, 0.15) is 5.82 Å². The number of anilines is 2. The molecule has 0 aliphatic rings. The van der Waals surface area contributed by atoms with Crippen LogP contribution in [-0.2, 0) is 0 Å². The van der Waals surface area contributed by atoms with Crippen molar-refractivity contribution in [2.24, 2.45) is 5.84 Å². The summed E-state index contributed by atoms with van der Waals surface area (Å²) in [5.74, 6) is 5.61. The summed E-state index contributed by atoms with van der Waals surface area (Å²) in [5.41, 5.74) is 6.57. The summed E-state index contributed by atoms with van der Waals surface area (Å²) in [5, 5.41) is 2.92. The third-order valence-electron chi connectivity index (χ3n) is 3.03. The first-order valence-electron chi connectivity index (χ1n) is 6.44. The summed E-state index contributed by atoms with van der Waals surface area (Å²) in [6, 6.07) is 7.31. The van der Waals surface area contributed by atoms with Gasteiger partial charge in [0.05, 0.1) is 5.69 Å². The van der Waals surface area contributed by atoms with Gasteiger partial charge in [0, 0.05) is 15.7 Å². The number of hydrazine groups is 1. The van der Waals surface area contributed by atoms with Crippen molar-refractivity contribution in [3.63, 3.8) is 0 Å². The molecule has 5 nitrogen and oxygen atoms in total. The van der Waals surface area contributed by atoms with Gasteiger partial charge in [-0.15, -0.1) is 0 Å². The van der Waals surface area contributed by atoms with Crippen molar-refractivity contribution in [2.75, 3.05) is 10.7 Å². The van der Waals surface area contributed by atoms with E-state index in [0.717, 1.165) is 27.0 Å². The molecule has 0 aliphatic heterocycles. The van der Waals surface area contributed by atoms with E-state index in [2.05, 4.69) is 31.7 Å². The molecule has 110 valence electrons. The first kappa shape index (κ1) is 15.5. The number of aryl methyl sites for hydroxylation is 3. The Kier molecular flexibility index (Phi) is 4.59. The number of nitrogens with zero attached hydrogens (tertiary/aromatic N) is 1. The third kappa shape index (κ3) is 3.59. The Morgan fingerprint density at radius 1 is 1.19 bits per heavy atom. The van der Waals surface area contributed by atoms with Crippen molar-refractivity contribution in [1.29, 1.82) is 0 Å². The number of hydrogen-bond acceptors (Lipinski definition) is 4. The van der Waals surface area contributed by atoms with Gasteiger partial charge in [-0.3, -0.25) is 4.79 Å². The average molecular weight is 349 g/mol. The summed E-state index contributed by atoms with van der Waals surface area (Å²) in [6.07, 6.45) is 0. The van der Waals surface area contributed by atoms with Gasteiger partial charge in [-0.25, -0.2) is 10.8 Å². The number of pyridine rings is 1. The van der Waals surface area contributed by atoms with E-state index >= 15 is 0 Å². The van der Waals surface area contributed by atoms with Crippen LogP contribution in [0.25, 0.3) is 0 Å². The van der Waals surface area contributed by atoms with Crippen molar-refractivity contribution in [3.8, 4) is 0 Å². The van der Waals surface area contributed by atoms with Crippen LogP contribution in [0.15, 0.2) is 28.7 Å². The van der Waals surface area contributed by atoms with Crippen LogP contribution in [-0.4, -0.2) is 10.9 Å². The van der Waals surface area contributed by atoms with Gasteiger partial charge in [0.15, 0.2) is 0 Å². The van der Waals surface area contributed by atoms with Crippen LogP contribution in [0, 0.1) is 20.8 Å². The number of hydrogen-bond donors (Lipinski definition) is 3. The lowest BCUT2D eigenvalue weighted by Crippen LogP contribution is -2.16. The molecule has 0 spiro atoms. The van der Waals surface area contributed by atoms with E-state index in [-0.39, 0.29) is 5.91 Å². The largest absolute Gasteiger partial charge is 0.321 e. The average Bonchev–Trinajstić information content (AvgIpc) is 2.41. The van der Waals surface area contributed by atoms with Crippen LogP contribution in [0.1, 0.15) is 27.2 Å². The molecule has 0 bridgehead atoms. The van der Waals surface area contributed by atoms with Crippen LogP contribution < -0.4 is 16.6 Å². The highest BCUT2D eigenvalue weighted by Gasteiger charge is 2.12. The highest BCUT2D eigenvalue weighted by atomic mass is 79.9. The van der Waals surface area contributed by atoms with Crippen LogP contribution >= 0.6 is 15.9 Å². The lowest BCUT2D eigenvalue weighted by atomic mass is 10.1. The lowest BCUT2D eigenvalue weighted by Gasteiger charge is -2.12. The molecule has 2 rings (SSSR count). The molecule has 0 unspecified atom stereocenters. The zero-order valence-electron chi connectivity index (χ0n) is 12.1. The second kappa shape index (κ2) is 6.24. The van der Waals surface area contributed by atoms with Gasteiger partial charge in [-0.05, 0) is 66.0 Å². The predicted octanol–water partition coefficient (Wildman–Crippen LogP) is 3.31. The van der Waals surface area contributed by atoms with Gasteiger partial charge in [0.2, 0.25) is 0 Å². The molecule has 1 amide bonds. The van der Waals surface area contributed by atoms with Crippen molar-refractivity contribution >= 4 is 33.3 Å². The second-order valence-electron chi connectivity index (χ2n) is 4.92. The summed E-state index contributed by atoms with van der Waals surface area (Å²) < 4.78 is 0.858. The molecule has 21 heavy (non-hydrogen) atoms. The number of amides is 1. The molecule has 2 aromatic rings. The maximum absolute atomic E-state index is 12.4. The first-order valence-corrected chi connectivity index (χ1v) is 7.23. The second-order valence-corrected chi connectivity index (χ2v) is 5.77. The fourth-order valence-corrected chi connectivity index (χ4v) is 2.91. The minimum absolute atomic E-state index is 0.204. The van der Waals surface area contributed by atoms with Crippen molar-refractivity contribution in [2.45, 2.75) is 20.8 Å². The summed E-state index contributed by atoms with van der Waals surface area (Å²) in [4.78, 5) is 16.6. The maximum Gasteiger partial charge on any atom is 0.255 e. The highest BCUT2D eigenvalue weighted by Crippen LogP contribution is 2.28. The van der Waals surface area contributed by atoms with E-state index in [1.54, 1.807) is 12.1 Å². The van der Waals surface area contributed by atoms with Gasteiger partial charge in [0.25, 0.3) is 5.91 Å². The fraction of sp³-hybridized carbons (Fsp3) is 0.200. The van der Waals surface area contributed by atoms with Crippen LogP contribution in [0.4, 0.5) is 11.5 Å². The van der Waals surface area contributed by atoms with Gasteiger partial charge >= 0.3 is 0 Å². The molecule has 6 heteroatoms. The Bertz CT molecular complexity index is 677. The number of carbonyl (C=O) groups is 1. The van der Waals surface area contributed by atoms with E-state index in [1.165, 1.54) is 0 Å². The lowest BCUT2D eigenvalue weighted by molar-refractivity contribution is 0.102. The van der Waals surface area contributed by atoms with E-state index in [9.17, 15) is 4.79 Å². The van der Waals surface area contributed by atoms with E-state index in [4.69, 9.17) is 5.84 Å².